The third-order valence-corrected chi connectivity index (χ3v) is 1.99. The Kier molecular flexibility index (Phi) is 4.80. The molecular weight excluding hydrogens is 225 g/mol. The van der Waals surface area contributed by atoms with E-state index in [0.717, 1.165) is 17.8 Å². The van der Waals surface area contributed by atoms with Gasteiger partial charge in [-0.25, -0.2) is 4.98 Å². The number of hydrogen-bond donors (Lipinski definition) is 2. The van der Waals surface area contributed by atoms with Crippen LogP contribution in [0.5, 0.6) is 5.88 Å². The summed E-state index contributed by atoms with van der Waals surface area (Å²) < 4.78 is 5.33. The fraction of sp³-hybridized carbons (Fsp3) is 0.375. The summed E-state index contributed by atoms with van der Waals surface area (Å²) >= 11 is 0. The largest absolute Gasteiger partial charge is 0.474 e. The molecule has 1 aromatic rings. The van der Waals surface area contributed by atoms with E-state index in [1.807, 2.05) is 6.92 Å². The zero-order valence-corrected chi connectivity index (χ0v) is 9.37. The van der Waals surface area contributed by atoms with Crippen molar-refractivity contribution in [1.82, 2.24) is 4.98 Å². The first-order chi connectivity index (χ1) is 5.79. The van der Waals surface area contributed by atoms with Gasteiger partial charge in [-0.05, 0) is 6.92 Å². The highest BCUT2D eigenvalue weighted by Gasteiger charge is 2.14. The lowest BCUT2D eigenvalue weighted by Crippen LogP contribution is -2.20. The molecule has 0 aromatic carbocycles. The second-order valence-corrected chi connectivity index (χ2v) is 2.79. The first kappa shape index (κ1) is 13.1. The summed E-state index contributed by atoms with van der Waals surface area (Å²) in [6.45, 7) is 3.44. The lowest BCUT2D eigenvalue weighted by atomic mass is 10.2. The third kappa shape index (κ3) is 2.13. The second kappa shape index (κ2) is 5.12. The van der Waals surface area contributed by atoms with Gasteiger partial charge < -0.3 is 15.8 Å². The van der Waals surface area contributed by atoms with E-state index < -0.39 is 0 Å². The number of halogens is 2. The number of nitrogens with zero attached hydrogens (tertiary/aromatic N) is 1. The topological polar surface area (TPSA) is 60.2 Å². The van der Waals surface area contributed by atoms with Crippen LogP contribution in [0, 0.1) is 6.92 Å². The Labute approximate surface area is 95.0 Å². The molecule has 2 heterocycles. The first-order valence-electron chi connectivity index (χ1n) is 3.91. The Bertz CT molecular complexity index is 320. The summed E-state index contributed by atoms with van der Waals surface area (Å²) in [5, 5.41) is 3.20. The number of hydrogen-bond acceptors (Lipinski definition) is 4. The first-order valence-corrected chi connectivity index (χ1v) is 3.91. The Morgan fingerprint density at radius 3 is 2.93 bits per heavy atom. The zero-order valence-electron chi connectivity index (χ0n) is 7.74. The van der Waals surface area contributed by atoms with Gasteiger partial charge in [0.1, 0.15) is 12.3 Å². The second-order valence-electron chi connectivity index (χ2n) is 2.79. The smallest absolute Gasteiger partial charge is 0.237 e. The number of rotatable bonds is 0. The lowest BCUT2D eigenvalue weighted by Gasteiger charge is -2.20. The van der Waals surface area contributed by atoms with Crippen molar-refractivity contribution in [2.24, 2.45) is 0 Å². The Morgan fingerprint density at radius 2 is 2.21 bits per heavy atom. The molecule has 0 saturated carbocycles. The van der Waals surface area contributed by atoms with E-state index in [2.05, 4.69) is 10.3 Å². The minimum atomic E-state index is 0. The van der Waals surface area contributed by atoms with Crippen molar-refractivity contribution in [3.05, 3.63) is 11.8 Å². The Morgan fingerprint density at radius 1 is 1.50 bits per heavy atom. The average molecular weight is 238 g/mol. The molecule has 0 atom stereocenters. The molecule has 0 spiro atoms. The quantitative estimate of drug-likeness (QED) is 0.721. The molecule has 0 saturated heterocycles. The van der Waals surface area contributed by atoms with Gasteiger partial charge in [0, 0.05) is 12.1 Å². The molecular formula is C8H13Cl2N3O. The molecule has 6 heteroatoms. The maximum Gasteiger partial charge on any atom is 0.237 e. The number of anilines is 2. The highest BCUT2D eigenvalue weighted by atomic mass is 35.5. The van der Waals surface area contributed by atoms with Crippen LogP contribution in [0.25, 0.3) is 0 Å². The zero-order chi connectivity index (χ0) is 8.55. The van der Waals surface area contributed by atoms with Crippen LogP contribution in [0.1, 0.15) is 5.56 Å². The molecule has 0 unspecified atom stereocenters. The van der Waals surface area contributed by atoms with Crippen molar-refractivity contribution in [2.75, 3.05) is 24.2 Å². The van der Waals surface area contributed by atoms with E-state index in [4.69, 9.17) is 10.5 Å². The molecule has 0 amide bonds. The van der Waals surface area contributed by atoms with Crippen molar-refractivity contribution in [2.45, 2.75) is 6.92 Å². The van der Waals surface area contributed by atoms with Crippen LogP contribution in [0.3, 0.4) is 0 Å². The minimum absolute atomic E-state index is 0. The number of nitrogens with two attached hydrogens (primary N) is 1. The summed E-state index contributed by atoms with van der Waals surface area (Å²) in [5.41, 5.74) is 8.33. The van der Waals surface area contributed by atoms with E-state index in [0.29, 0.717) is 18.2 Å². The number of fused-ring (bicyclic) bond motifs is 1. The molecule has 4 nitrogen and oxygen atoms in total. The highest BCUT2D eigenvalue weighted by molar-refractivity contribution is 5.85. The SMILES string of the molecule is Cc1c(N)cnc2c1NCCO2.Cl.Cl. The fourth-order valence-corrected chi connectivity index (χ4v) is 1.24. The fourth-order valence-electron chi connectivity index (χ4n) is 1.24. The molecule has 1 aliphatic rings. The van der Waals surface area contributed by atoms with Gasteiger partial charge in [0.05, 0.1) is 11.9 Å². The van der Waals surface area contributed by atoms with E-state index in [-0.39, 0.29) is 24.8 Å². The molecule has 1 aromatic heterocycles. The molecule has 0 radical (unpaired) electrons. The van der Waals surface area contributed by atoms with Gasteiger partial charge in [0.15, 0.2) is 0 Å². The van der Waals surface area contributed by atoms with Crippen LogP contribution in [0.4, 0.5) is 11.4 Å². The lowest BCUT2D eigenvalue weighted by molar-refractivity contribution is 0.310. The predicted molar refractivity (Wildman–Crippen MR) is 61.9 cm³/mol. The number of ether oxygens (including phenoxy) is 1. The van der Waals surface area contributed by atoms with E-state index in [1.165, 1.54) is 0 Å². The molecule has 0 fully saturated rings. The summed E-state index contributed by atoms with van der Waals surface area (Å²) in [5.74, 6) is 0.660. The number of nitrogens with one attached hydrogen (secondary N) is 1. The Hall–Kier alpha value is -0.870. The number of nitrogen functional groups attached to an aromatic ring is 1. The average Bonchev–Trinajstić information content (AvgIpc) is 2.12. The van der Waals surface area contributed by atoms with Gasteiger partial charge >= 0.3 is 0 Å². The molecule has 2 rings (SSSR count). The maximum absolute atomic E-state index is 5.69. The normalized spacial score (nSPS) is 12.4. The van der Waals surface area contributed by atoms with Crippen LogP contribution >= 0.6 is 24.8 Å². The van der Waals surface area contributed by atoms with E-state index in [9.17, 15) is 0 Å². The van der Waals surface area contributed by atoms with Crippen LogP contribution in [0.15, 0.2) is 6.20 Å². The summed E-state index contributed by atoms with van der Waals surface area (Å²) in [4.78, 5) is 4.07. The molecule has 80 valence electrons. The van der Waals surface area contributed by atoms with Crippen molar-refractivity contribution in [1.29, 1.82) is 0 Å². The summed E-state index contributed by atoms with van der Waals surface area (Å²) in [6, 6.07) is 0. The van der Waals surface area contributed by atoms with Gasteiger partial charge in [-0.2, -0.15) is 0 Å². The summed E-state index contributed by atoms with van der Waals surface area (Å²) in [6.07, 6.45) is 1.63. The molecule has 0 bridgehead atoms. The van der Waals surface area contributed by atoms with E-state index >= 15 is 0 Å². The standard InChI is InChI=1S/C8H11N3O.2ClH/c1-5-6(9)4-11-8-7(5)10-2-3-12-8;;/h4,10H,2-3,9H2,1H3;2*1H. The van der Waals surface area contributed by atoms with Gasteiger partial charge in [-0.3, -0.25) is 0 Å². The highest BCUT2D eigenvalue weighted by Crippen LogP contribution is 2.30. The number of aromatic nitrogens is 1. The maximum atomic E-state index is 5.69. The predicted octanol–water partition coefficient (Wildman–Crippen LogP) is 1.62. The van der Waals surface area contributed by atoms with Crippen LogP contribution in [0.2, 0.25) is 0 Å². The van der Waals surface area contributed by atoms with Gasteiger partial charge in [-0.15, -0.1) is 24.8 Å². The monoisotopic (exact) mass is 237 g/mol. The molecule has 0 aliphatic carbocycles. The molecule has 14 heavy (non-hydrogen) atoms. The van der Waals surface area contributed by atoms with Crippen molar-refractivity contribution in [3.63, 3.8) is 0 Å². The number of pyridine rings is 1. The molecule has 3 N–H and O–H groups in total. The Balaban J connectivity index is 0.000000845. The van der Waals surface area contributed by atoms with Crippen molar-refractivity contribution in [3.8, 4) is 5.88 Å². The molecule has 1 aliphatic heterocycles. The summed E-state index contributed by atoms with van der Waals surface area (Å²) in [7, 11) is 0. The third-order valence-electron chi connectivity index (χ3n) is 1.99. The van der Waals surface area contributed by atoms with Gasteiger partial charge in [-0.1, -0.05) is 0 Å². The van der Waals surface area contributed by atoms with Crippen LogP contribution in [-0.2, 0) is 0 Å². The van der Waals surface area contributed by atoms with E-state index in [1.54, 1.807) is 6.20 Å². The van der Waals surface area contributed by atoms with Gasteiger partial charge in [0.25, 0.3) is 0 Å². The van der Waals surface area contributed by atoms with Crippen molar-refractivity contribution < 1.29 is 4.74 Å². The van der Waals surface area contributed by atoms with Gasteiger partial charge in [0.2, 0.25) is 5.88 Å². The minimum Gasteiger partial charge on any atom is -0.474 e. The van der Waals surface area contributed by atoms with Crippen LogP contribution in [-0.4, -0.2) is 18.1 Å². The van der Waals surface area contributed by atoms with Crippen molar-refractivity contribution >= 4 is 36.2 Å². The van der Waals surface area contributed by atoms with Crippen LogP contribution < -0.4 is 15.8 Å².